The van der Waals surface area contributed by atoms with Gasteiger partial charge in [-0.1, -0.05) is 48.0 Å². The lowest BCUT2D eigenvalue weighted by Crippen LogP contribution is -2.18. The van der Waals surface area contributed by atoms with Crippen LogP contribution in [0.5, 0.6) is 5.75 Å². The van der Waals surface area contributed by atoms with Gasteiger partial charge in [-0.15, -0.1) is 24.5 Å². The molecular weight excluding hydrogens is 573 g/mol. The van der Waals surface area contributed by atoms with Crippen molar-refractivity contribution >= 4 is 54.4 Å². The van der Waals surface area contributed by atoms with Gasteiger partial charge in [-0.2, -0.15) is 0 Å². The molecule has 0 fully saturated rings. The topological polar surface area (TPSA) is 102 Å². The van der Waals surface area contributed by atoms with E-state index in [1.165, 1.54) is 24.3 Å². The third-order valence-corrected chi connectivity index (χ3v) is 9.27. The average Bonchev–Trinajstić information content (AvgIpc) is 3.27. The van der Waals surface area contributed by atoms with Crippen LogP contribution in [0, 0.1) is 0 Å². The van der Waals surface area contributed by atoms with Gasteiger partial charge >= 0.3 is 6.36 Å². The van der Waals surface area contributed by atoms with Gasteiger partial charge in [-0.3, -0.25) is 9.44 Å². The zero-order chi connectivity index (χ0) is 26.8. The van der Waals surface area contributed by atoms with E-state index in [0.717, 1.165) is 41.2 Å². The number of hydrogen-bond acceptors (Lipinski definition) is 6. The van der Waals surface area contributed by atoms with E-state index in [0.29, 0.717) is 5.56 Å². The van der Waals surface area contributed by atoms with Crippen molar-refractivity contribution in [2.24, 2.45) is 0 Å². The molecule has 7 nitrogen and oxygen atoms in total. The molecule has 0 aliphatic carbocycles. The van der Waals surface area contributed by atoms with Crippen LogP contribution in [0.15, 0.2) is 94.0 Å². The lowest BCUT2D eigenvalue weighted by molar-refractivity contribution is -0.274. The summed E-state index contributed by atoms with van der Waals surface area (Å²) in [7, 11) is -8.46. The number of benzene rings is 3. The van der Waals surface area contributed by atoms with Gasteiger partial charge in [0, 0.05) is 0 Å². The third kappa shape index (κ3) is 6.74. The first-order valence-corrected chi connectivity index (χ1v) is 14.3. The second-order valence-corrected chi connectivity index (χ2v) is 12.7. The van der Waals surface area contributed by atoms with Crippen molar-refractivity contribution in [3.05, 3.63) is 89.3 Å². The Hall–Kier alpha value is -3.26. The summed E-state index contributed by atoms with van der Waals surface area (Å²) in [5.74, 6) is -0.597. The Kier molecular flexibility index (Phi) is 7.42. The molecule has 1 heterocycles. The predicted molar refractivity (Wildman–Crippen MR) is 136 cm³/mol. The SMILES string of the molecule is O=S(=O)(Nc1cc(-c2ccccc2)ccc1NS(=O)(=O)c1ccc(Cl)s1)c1ccc(OC(F)(F)F)cc1. The number of rotatable bonds is 8. The highest BCUT2D eigenvalue weighted by Crippen LogP contribution is 2.34. The maximum atomic E-state index is 13.1. The molecule has 0 atom stereocenters. The second-order valence-electron chi connectivity index (χ2n) is 7.42. The quantitative estimate of drug-likeness (QED) is 0.242. The van der Waals surface area contributed by atoms with Crippen LogP contribution in [0.1, 0.15) is 0 Å². The number of hydrogen-bond donors (Lipinski definition) is 2. The minimum Gasteiger partial charge on any atom is -0.406 e. The third-order valence-electron chi connectivity index (χ3n) is 4.80. The van der Waals surface area contributed by atoms with Crippen molar-refractivity contribution in [3.8, 4) is 16.9 Å². The van der Waals surface area contributed by atoms with Crippen LogP contribution >= 0.6 is 22.9 Å². The van der Waals surface area contributed by atoms with Crippen molar-refractivity contribution < 1.29 is 34.7 Å². The number of ether oxygens (including phenoxy) is 1. The van der Waals surface area contributed by atoms with E-state index >= 15 is 0 Å². The largest absolute Gasteiger partial charge is 0.573 e. The van der Waals surface area contributed by atoms with Gasteiger partial charge in [0.05, 0.1) is 20.6 Å². The van der Waals surface area contributed by atoms with Gasteiger partial charge in [0.15, 0.2) is 0 Å². The van der Waals surface area contributed by atoms with Crippen molar-refractivity contribution in [2.45, 2.75) is 15.5 Å². The molecule has 4 rings (SSSR count). The summed E-state index contributed by atoms with van der Waals surface area (Å²) >= 11 is 6.67. The minimum atomic E-state index is -4.94. The number of sulfonamides is 2. The Bertz CT molecular complexity index is 1620. The van der Waals surface area contributed by atoms with E-state index in [2.05, 4.69) is 14.2 Å². The molecule has 0 bridgehead atoms. The van der Waals surface area contributed by atoms with Crippen LogP contribution in [0.4, 0.5) is 24.5 Å². The fourth-order valence-electron chi connectivity index (χ4n) is 3.19. The number of nitrogens with one attached hydrogen (secondary N) is 2. The summed E-state index contributed by atoms with van der Waals surface area (Å²) in [6, 6.07) is 19.7. The standard InChI is InChI=1S/C23H16ClF3N2O5S3/c24-21-12-13-22(35-21)37(32,33)28-19-11-6-16(15-4-2-1-3-5-15)14-20(19)29-36(30,31)18-9-7-17(8-10-18)34-23(25,26)27/h1-14,28-29H. The molecule has 0 aliphatic heterocycles. The second kappa shape index (κ2) is 10.2. The van der Waals surface area contributed by atoms with Gasteiger partial charge < -0.3 is 4.74 Å². The van der Waals surface area contributed by atoms with Crippen LogP contribution in [0.25, 0.3) is 11.1 Å². The molecule has 0 aliphatic rings. The average molecular weight is 589 g/mol. The van der Waals surface area contributed by atoms with E-state index in [1.807, 2.05) is 0 Å². The number of thiophene rings is 1. The Labute approximate surface area is 219 Å². The van der Waals surface area contributed by atoms with Gasteiger partial charge in [0.25, 0.3) is 20.0 Å². The van der Waals surface area contributed by atoms with E-state index < -0.39 is 32.2 Å². The van der Waals surface area contributed by atoms with Gasteiger partial charge in [-0.05, 0) is 59.7 Å². The Morgan fingerprint density at radius 2 is 1.38 bits per heavy atom. The molecule has 194 valence electrons. The molecule has 4 aromatic rings. The van der Waals surface area contributed by atoms with E-state index in [9.17, 15) is 30.0 Å². The van der Waals surface area contributed by atoms with Gasteiger partial charge in [0.1, 0.15) is 9.96 Å². The summed E-state index contributed by atoms with van der Waals surface area (Å²) in [5.41, 5.74) is 1.12. The van der Waals surface area contributed by atoms with Crippen molar-refractivity contribution in [1.82, 2.24) is 0 Å². The van der Waals surface area contributed by atoms with Crippen molar-refractivity contribution in [1.29, 1.82) is 0 Å². The molecule has 1 aromatic heterocycles. The monoisotopic (exact) mass is 588 g/mol. The highest BCUT2D eigenvalue weighted by molar-refractivity contribution is 7.94. The van der Waals surface area contributed by atoms with Crippen molar-refractivity contribution in [3.63, 3.8) is 0 Å². The Balaban J connectivity index is 1.71. The molecule has 0 radical (unpaired) electrons. The molecular formula is C23H16ClF3N2O5S3. The maximum Gasteiger partial charge on any atom is 0.573 e. The van der Waals surface area contributed by atoms with E-state index in [1.54, 1.807) is 36.4 Å². The molecule has 0 unspecified atom stereocenters. The van der Waals surface area contributed by atoms with E-state index in [4.69, 9.17) is 11.6 Å². The first-order chi connectivity index (χ1) is 17.3. The smallest absolute Gasteiger partial charge is 0.406 e. The van der Waals surface area contributed by atoms with Crippen LogP contribution in [-0.2, 0) is 20.0 Å². The van der Waals surface area contributed by atoms with Crippen molar-refractivity contribution in [2.75, 3.05) is 9.44 Å². The number of anilines is 2. The predicted octanol–water partition coefficient (Wildman–Crippen LogP) is 6.57. The summed E-state index contributed by atoms with van der Waals surface area (Å²) in [6.07, 6.45) is -4.94. The van der Waals surface area contributed by atoms with E-state index in [-0.39, 0.29) is 24.8 Å². The maximum absolute atomic E-state index is 13.1. The van der Waals surface area contributed by atoms with Crippen LogP contribution in [-0.4, -0.2) is 23.2 Å². The minimum absolute atomic E-state index is 0.0789. The summed E-state index contributed by atoms with van der Waals surface area (Å²) in [6.45, 7) is 0. The first kappa shape index (κ1) is 26.8. The molecule has 0 spiro atoms. The Morgan fingerprint density at radius 1 is 0.730 bits per heavy atom. The molecule has 2 N–H and O–H groups in total. The molecule has 37 heavy (non-hydrogen) atoms. The summed E-state index contributed by atoms with van der Waals surface area (Å²) < 4.78 is 97.8. The highest BCUT2D eigenvalue weighted by atomic mass is 35.5. The van der Waals surface area contributed by atoms with Crippen LogP contribution in [0.2, 0.25) is 4.34 Å². The number of alkyl halides is 3. The fourth-order valence-corrected chi connectivity index (χ4v) is 6.82. The molecule has 3 aromatic carbocycles. The lowest BCUT2D eigenvalue weighted by Gasteiger charge is -2.16. The normalized spacial score (nSPS) is 12.2. The lowest BCUT2D eigenvalue weighted by atomic mass is 10.0. The van der Waals surface area contributed by atoms with Crippen LogP contribution in [0.3, 0.4) is 0 Å². The van der Waals surface area contributed by atoms with Gasteiger partial charge in [-0.25, -0.2) is 16.8 Å². The number of halogens is 4. The molecule has 0 amide bonds. The fraction of sp³-hybridized carbons (Fsp3) is 0.0435. The summed E-state index contributed by atoms with van der Waals surface area (Å²) in [4.78, 5) is -0.369. The first-order valence-electron chi connectivity index (χ1n) is 10.2. The van der Waals surface area contributed by atoms with Crippen LogP contribution < -0.4 is 14.2 Å². The zero-order valence-electron chi connectivity index (χ0n) is 18.4. The highest BCUT2D eigenvalue weighted by Gasteiger charge is 2.31. The van der Waals surface area contributed by atoms with Gasteiger partial charge in [0.2, 0.25) is 0 Å². The molecule has 0 saturated carbocycles. The summed E-state index contributed by atoms with van der Waals surface area (Å²) in [5, 5.41) is 0. The zero-order valence-corrected chi connectivity index (χ0v) is 21.6. The Morgan fingerprint density at radius 3 is 1.97 bits per heavy atom. The molecule has 14 heteroatoms. The molecule has 0 saturated heterocycles.